The molecule has 0 bridgehead atoms. The summed E-state index contributed by atoms with van der Waals surface area (Å²) in [6, 6.07) is 14.5. The fourth-order valence-electron chi connectivity index (χ4n) is 4.18. The van der Waals surface area contributed by atoms with Gasteiger partial charge in [-0.25, -0.2) is 4.79 Å². The summed E-state index contributed by atoms with van der Waals surface area (Å²) in [4.78, 5) is 35.5. The summed E-state index contributed by atoms with van der Waals surface area (Å²) in [7, 11) is 0. The Morgan fingerprint density at radius 3 is 2.26 bits per heavy atom. The second kappa shape index (κ2) is 13.8. The van der Waals surface area contributed by atoms with Gasteiger partial charge in [-0.2, -0.15) is 26.3 Å². The molecule has 14 heteroatoms. The molecule has 2 heterocycles. The molecule has 4 rings (SSSR count). The third kappa shape index (κ3) is 9.87. The van der Waals surface area contributed by atoms with E-state index in [-0.39, 0.29) is 11.8 Å². The minimum atomic E-state index is -5.08. The molecule has 1 aliphatic rings. The molecule has 0 aliphatic carbocycles. The maximum atomic E-state index is 13.0. The van der Waals surface area contributed by atoms with Crippen LogP contribution in [0.1, 0.15) is 34.1 Å². The van der Waals surface area contributed by atoms with Crippen molar-refractivity contribution in [3.8, 4) is 11.1 Å². The van der Waals surface area contributed by atoms with E-state index >= 15 is 0 Å². The van der Waals surface area contributed by atoms with Crippen LogP contribution in [-0.2, 0) is 22.3 Å². The van der Waals surface area contributed by atoms with Gasteiger partial charge in [0.2, 0.25) is 5.91 Å². The van der Waals surface area contributed by atoms with E-state index in [4.69, 9.17) is 9.90 Å². The smallest absolute Gasteiger partial charge is 0.475 e. The average molecular weight is 616 g/mol. The molecule has 0 radical (unpaired) electrons. The van der Waals surface area contributed by atoms with Gasteiger partial charge in [0.15, 0.2) is 0 Å². The first-order valence-corrected chi connectivity index (χ1v) is 13.4. The maximum absolute atomic E-state index is 13.0. The number of carboxylic acid groups (broad SMARTS) is 1. The van der Waals surface area contributed by atoms with Crippen LogP contribution < -0.4 is 10.6 Å². The highest BCUT2D eigenvalue weighted by Crippen LogP contribution is 2.33. The summed E-state index contributed by atoms with van der Waals surface area (Å²) >= 11 is 1.23. The summed E-state index contributed by atoms with van der Waals surface area (Å²) in [6.45, 7) is 4.63. The maximum Gasteiger partial charge on any atom is 0.490 e. The summed E-state index contributed by atoms with van der Waals surface area (Å²) in [5.41, 5.74) is 2.26. The van der Waals surface area contributed by atoms with Gasteiger partial charge in [-0.05, 0) is 71.3 Å². The number of carbonyl (C=O) groups is 3. The molecule has 2 amide bonds. The molecule has 7 nitrogen and oxygen atoms in total. The number of likely N-dealkylation sites (tertiary alicyclic amines) is 1. The SMILES string of the molecule is CC(=O)Nc1ccc(CN2CCC(CNC(=O)c3cc(-c4cccc(C(F)(F)F)c4)cs3)C2)cc1.O=C(O)C(F)(F)F. The van der Waals surface area contributed by atoms with Crippen molar-refractivity contribution in [2.45, 2.75) is 32.2 Å². The van der Waals surface area contributed by atoms with Crippen molar-refractivity contribution < 1.29 is 45.8 Å². The average Bonchev–Trinajstić information content (AvgIpc) is 3.58. The van der Waals surface area contributed by atoms with Crippen molar-refractivity contribution >= 4 is 34.8 Å². The van der Waals surface area contributed by atoms with Gasteiger partial charge in [-0.3, -0.25) is 14.5 Å². The van der Waals surface area contributed by atoms with E-state index in [1.165, 1.54) is 24.3 Å². The van der Waals surface area contributed by atoms with E-state index in [0.29, 0.717) is 28.5 Å². The van der Waals surface area contributed by atoms with Gasteiger partial charge in [0, 0.05) is 32.2 Å². The van der Waals surface area contributed by atoms with E-state index in [2.05, 4.69) is 15.5 Å². The number of nitrogens with zero attached hydrogens (tertiary/aromatic N) is 1. The first-order chi connectivity index (χ1) is 19.6. The molecule has 1 aromatic heterocycles. The number of nitrogens with one attached hydrogen (secondary N) is 2. The van der Waals surface area contributed by atoms with E-state index in [9.17, 15) is 35.9 Å². The molecule has 1 aliphatic heterocycles. The number of hydrogen-bond donors (Lipinski definition) is 3. The van der Waals surface area contributed by atoms with Gasteiger partial charge in [0.25, 0.3) is 5.91 Å². The van der Waals surface area contributed by atoms with Crippen LogP contribution in [0.3, 0.4) is 0 Å². The number of alkyl halides is 6. The Kier molecular flexibility index (Phi) is 10.7. The van der Waals surface area contributed by atoms with E-state index < -0.39 is 23.9 Å². The van der Waals surface area contributed by atoms with Crippen LogP contribution in [-0.4, -0.2) is 53.6 Å². The van der Waals surface area contributed by atoms with E-state index in [1.807, 2.05) is 24.3 Å². The number of carboxylic acids is 1. The highest BCUT2D eigenvalue weighted by molar-refractivity contribution is 7.12. The summed E-state index contributed by atoms with van der Waals surface area (Å²) < 4.78 is 70.7. The molecule has 42 heavy (non-hydrogen) atoms. The number of rotatable bonds is 7. The second-order valence-electron chi connectivity index (χ2n) is 9.56. The zero-order valence-corrected chi connectivity index (χ0v) is 23.0. The third-order valence-electron chi connectivity index (χ3n) is 6.19. The molecule has 1 saturated heterocycles. The highest BCUT2D eigenvalue weighted by Gasteiger charge is 2.38. The normalized spacial score (nSPS) is 15.5. The van der Waals surface area contributed by atoms with Crippen molar-refractivity contribution in [2.24, 2.45) is 5.92 Å². The lowest BCUT2D eigenvalue weighted by Crippen LogP contribution is -2.30. The largest absolute Gasteiger partial charge is 0.490 e. The van der Waals surface area contributed by atoms with Gasteiger partial charge in [-0.15, -0.1) is 11.3 Å². The monoisotopic (exact) mass is 615 g/mol. The van der Waals surface area contributed by atoms with Crippen LogP contribution in [0.4, 0.5) is 32.0 Å². The standard InChI is InChI=1S/C26H26F3N3O2S.C2HF3O2/c1-17(33)31-23-7-5-18(6-8-23)14-32-10-9-19(15-32)13-30-25(34)24-12-21(16-35-24)20-3-2-4-22(11-20)26(27,28)29;3-2(4,5)1(6)7/h2-8,11-12,16,19H,9-10,13-15H2,1H3,(H,30,34)(H,31,33);(H,6,7). The van der Waals surface area contributed by atoms with Crippen LogP contribution in [0.15, 0.2) is 60.0 Å². The Balaban J connectivity index is 0.000000616. The molecular weight excluding hydrogens is 588 g/mol. The van der Waals surface area contributed by atoms with Crippen LogP contribution in [0.25, 0.3) is 11.1 Å². The fourth-order valence-corrected chi connectivity index (χ4v) is 5.02. The number of anilines is 1. The molecule has 1 fully saturated rings. The lowest BCUT2D eigenvalue weighted by Gasteiger charge is -2.16. The predicted molar refractivity (Wildman–Crippen MR) is 145 cm³/mol. The van der Waals surface area contributed by atoms with Crippen molar-refractivity contribution in [1.29, 1.82) is 0 Å². The number of halogens is 6. The minimum Gasteiger partial charge on any atom is -0.475 e. The number of amides is 2. The Morgan fingerprint density at radius 2 is 1.67 bits per heavy atom. The zero-order chi connectivity index (χ0) is 31.1. The molecule has 1 unspecified atom stereocenters. The van der Waals surface area contributed by atoms with Crippen LogP contribution in [0.2, 0.25) is 0 Å². The minimum absolute atomic E-state index is 0.100. The van der Waals surface area contributed by atoms with Gasteiger partial charge < -0.3 is 15.7 Å². The quantitative estimate of drug-likeness (QED) is 0.272. The topological polar surface area (TPSA) is 98.7 Å². The predicted octanol–water partition coefficient (Wildman–Crippen LogP) is 6.28. The summed E-state index contributed by atoms with van der Waals surface area (Å²) in [5.74, 6) is -2.73. The molecular formula is C28H27F6N3O4S. The van der Waals surface area contributed by atoms with Gasteiger partial charge in [0.05, 0.1) is 10.4 Å². The Hall–Kier alpha value is -3.91. The molecule has 3 N–H and O–H groups in total. The van der Waals surface area contributed by atoms with E-state index in [0.717, 1.165) is 49.4 Å². The van der Waals surface area contributed by atoms with Crippen molar-refractivity contribution in [3.05, 3.63) is 76.0 Å². The van der Waals surface area contributed by atoms with Gasteiger partial charge in [0.1, 0.15) is 0 Å². The molecule has 0 spiro atoms. The number of aliphatic carboxylic acids is 1. The summed E-state index contributed by atoms with van der Waals surface area (Å²) in [6.07, 6.45) is -8.51. The fraction of sp³-hybridized carbons (Fsp3) is 0.321. The zero-order valence-electron chi connectivity index (χ0n) is 22.2. The molecule has 226 valence electrons. The molecule has 1 atom stereocenters. The van der Waals surface area contributed by atoms with Crippen LogP contribution in [0.5, 0.6) is 0 Å². The van der Waals surface area contributed by atoms with Crippen molar-refractivity contribution in [3.63, 3.8) is 0 Å². The molecule has 2 aromatic carbocycles. The Bertz CT molecular complexity index is 1390. The van der Waals surface area contributed by atoms with Gasteiger partial charge in [-0.1, -0.05) is 24.3 Å². The number of thiophene rings is 1. The van der Waals surface area contributed by atoms with Crippen LogP contribution in [0, 0.1) is 5.92 Å². The highest BCUT2D eigenvalue weighted by atomic mass is 32.1. The lowest BCUT2D eigenvalue weighted by atomic mass is 10.1. The number of hydrogen-bond acceptors (Lipinski definition) is 5. The Labute approximate surface area is 241 Å². The van der Waals surface area contributed by atoms with E-state index in [1.54, 1.807) is 17.5 Å². The Morgan fingerprint density at radius 1 is 1.00 bits per heavy atom. The number of carbonyl (C=O) groups excluding carboxylic acids is 2. The molecule has 0 saturated carbocycles. The van der Waals surface area contributed by atoms with Crippen molar-refractivity contribution in [2.75, 3.05) is 25.0 Å². The second-order valence-corrected chi connectivity index (χ2v) is 10.5. The third-order valence-corrected chi connectivity index (χ3v) is 7.12. The number of benzene rings is 2. The lowest BCUT2D eigenvalue weighted by molar-refractivity contribution is -0.192. The first kappa shape index (κ1) is 32.6. The molecule has 3 aromatic rings. The first-order valence-electron chi connectivity index (χ1n) is 12.5. The van der Waals surface area contributed by atoms with Gasteiger partial charge >= 0.3 is 18.3 Å². The van der Waals surface area contributed by atoms with Crippen LogP contribution >= 0.6 is 11.3 Å². The van der Waals surface area contributed by atoms with Crippen molar-refractivity contribution in [1.82, 2.24) is 10.2 Å². The summed E-state index contributed by atoms with van der Waals surface area (Å²) in [5, 5.41) is 14.6.